The van der Waals surface area contributed by atoms with Gasteiger partial charge in [0.05, 0.1) is 7.11 Å². The second-order valence-corrected chi connectivity index (χ2v) is 4.69. The molecule has 108 valence electrons. The Morgan fingerprint density at radius 3 is 2.63 bits per heavy atom. The summed E-state index contributed by atoms with van der Waals surface area (Å²) < 4.78 is 23.6. The first kappa shape index (κ1) is 15.9. The van der Waals surface area contributed by atoms with Crippen molar-refractivity contribution in [3.8, 4) is 5.75 Å². The lowest BCUT2D eigenvalue weighted by molar-refractivity contribution is 0.170. The lowest BCUT2D eigenvalue weighted by Gasteiger charge is -2.25. The van der Waals surface area contributed by atoms with Crippen molar-refractivity contribution in [1.82, 2.24) is 5.32 Å². The predicted molar refractivity (Wildman–Crippen MR) is 75.0 cm³/mol. The minimum Gasteiger partial charge on any atom is -0.494 e. The second kappa shape index (κ2) is 8.12. The highest BCUT2D eigenvalue weighted by atomic mass is 19.1. The molecular weight excluding hydrogens is 245 g/mol. The standard InChI is InChI=1S/C15H24FNO2/c1-5-17-15(11(2)8-9-18-3)12-6-7-13(16)14(10-12)19-4/h6-7,10-11,15,17H,5,8-9H2,1-4H3. The average Bonchev–Trinajstić information content (AvgIpc) is 2.43. The van der Waals surface area contributed by atoms with Crippen LogP contribution < -0.4 is 10.1 Å². The Morgan fingerprint density at radius 1 is 1.32 bits per heavy atom. The summed E-state index contributed by atoms with van der Waals surface area (Å²) >= 11 is 0. The van der Waals surface area contributed by atoms with Gasteiger partial charge in [-0.1, -0.05) is 19.9 Å². The Balaban J connectivity index is 2.91. The van der Waals surface area contributed by atoms with E-state index in [4.69, 9.17) is 9.47 Å². The maximum Gasteiger partial charge on any atom is 0.165 e. The Hall–Kier alpha value is -1.13. The predicted octanol–water partition coefficient (Wildman–Crippen LogP) is 3.16. The van der Waals surface area contributed by atoms with Crippen molar-refractivity contribution in [3.63, 3.8) is 0 Å². The van der Waals surface area contributed by atoms with E-state index in [-0.39, 0.29) is 11.9 Å². The van der Waals surface area contributed by atoms with Gasteiger partial charge in [0.1, 0.15) is 0 Å². The molecular formula is C15H24FNO2. The Bertz CT molecular complexity index is 384. The summed E-state index contributed by atoms with van der Waals surface area (Å²) in [5, 5.41) is 3.44. The van der Waals surface area contributed by atoms with Crippen LogP contribution in [0, 0.1) is 11.7 Å². The first-order valence-corrected chi connectivity index (χ1v) is 6.69. The first-order chi connectivity index (χ1) is 9.13. The highest BCUT2D eigenvalue weighted by molar-refractivity contribution is 5.32. The fraction of sp³-hybridized carbons (Fsp3) is 0.600. The summed E-state index contributed by atoms with van der Waals surface area (Å²) in [5.74, 6) is 0.362. The Morgan fingerprint density at radius 2 is 2.05 bits per heavy atom. The number of ether oxygens (including phenoxy) is 2. The van der Waals surface area contributed by atoms with Crippen molar-refractivity contribution in [2.24, 2.45) is 5.92 Å². The summed E-state index contributed by atoms with van der Waals surface area (Å²) in [7, 11) is 3.19. The van der Waals surface area contributed by atoms with Crippen LogP contribution in [0.5, 0.6) is 5.75 Å². The number of benzene rings is 1. The van der Waals surface area contributed by atoms with Gasteiger partial charge in [0.2, 0.25) is 0 Å². The summed E-state index contributed by atoms with van der Waals surface area (Å²) in [5.41, 5.74) is 1.05. The van der Waals surface area contributed by atoms with Gasteiger partial charge in [-0.25, -0.2) is 4.39 Å². The first-order valence-electron chi connectivity index (χ1n) is 6.69. The minimum absolute atomic E-state index is 0.176. The monoisotopic (exact) mass is 269 g/mol. The molecule has 0 aromatic heterocycles. The highest BCUT2D eigenvalue weighted by Crippen LogP contribution is 2.28. The van der Waals surface area contributed by atoms with E-state index in [0.717, 1.165) is 25.1 Å². The van der Waals surface area contributed by atoms with Gasteiger partial charge in [-0.05, 0) is 36.6 Å². The quantitative estimate of drug-likeness (QED) is 0.786. The molecule has 0 radical (unpaired) electrons. The van der Waals surface area contributed by atoms with Crippen LogP contribution in [0.3, 0.4) is 0 Å². The molecule has 0 bridgehead atoms. The van der Waals surface area contributed by atoms with Crippen molar-refractivity contribution < 1.29 is 13.9 Å². The molecule has 0 aliphatic carbocycles. The van der Waals surface area contributed by atoms with E-state index >= 15 is 0 Å². The van der Waals surface area contributed by atoms with E-state index in [2.05, 4.69) is 19.2 Å². The number of hydrogen-bond acceptors (Lipinski definition) is 3. The second-order valence-electron chi connectivity index (χ2n) is 4.69. The van der Waals surface area contributed by atoms with Crippen molar-refractivity contribution >= 4 is 0 Å². The van der Waals surface area contributed by atoms with Crippen LogP contribution in [-0.2, 0) is 4.74 Å². The molecule has 0 fully saturated rings. The molecule has 1 rings (SSSR count). The number of rotatable bonds is 8. The fourth-order valence-electron chi connectivity index (χ4n) is 2.21. The zero-order valence-corrected chi connectivity index (χ0v) is 12.2. The SMILES string of the molecule is CCNC(c1ccc(F)c(OC)c1)C(C)CCOC. The topological polar surface area (TPSA) is 30.5 Å². The Labute approximate surface area is 115 Å². The van der Waals surface area contributed by atoms with Gasteiger partial charge in [0.25, 0.3) is 0 Å². The minimum atomic E-state index is -0.328. The van der Waals surface area contributed by atoms with Crippen LogP contribution in [0.15, 0.2) is 18.2 Å². The van der Waals surface area contributed by atoms with Gasteiger partial charge in [-0.15, -0.1) is 0 Å². The van der Waals surface area contributed by atoms with Gasteiger partial charge in [0, 0.05) is 19.8 Å². The molecule has 0 heterocycles. The molecule has 3 nitrogen and oxygen atoms in total. The molecule has 2 unspecified atom stereocenters. The largest absolute Gasteiger partial charge is 0.494 e. The van der Waals surface area contributed by atoms with E-state index in [1.807, 2.05) is 6.07 Å². The normalized spacial score (nSPS) is 14.2. The highest BCUT2D eigenvalue weighted by Gasteiger charge is 2.19. The lowest BCUT2D eigenvalue weighted by atomic mass is 9.92. The van der Waals surface area contributed by atoms with Crippen LogP contribution in [0.4, 0.5) is 4.39 Å². The summed E-state index contributed by atoms with van der Waals surface area (Å²) in [4.78, 5) is 0. The zero-order valence-electron chi connectivity index (χ0n) is 12.2. The third-order valence-electron chi connectivity index (χ3n) is 3.30. The number of halogens is 1. The third kappa shape index (κ3) is 4.48. The Kier molecular flexibility index (Phi) is 6.81. The van der Waals surface area contributed by atoms with Crippen LogP contribution in [0.2, 0.25) is 0 Å². The molecule has 2 atom stereocenters. The molecule has 0 aliphatic heterocycles. The van der Waals surface area contributed by atoms with Gasteiger partial charge in [0.15, 0.2) is 11.6 Å². The summed E-state index contributed by atoms with van der Waals surface area (Å²) in [6, 6.07) is 5.22. The molecule has 1 aromatic rings. The number of nitrogens with one attached hydrogen (secondary N) is 1. The van der Waals surface area contributed by atoms with Crippen molar-refractivity contribution in [2.45, 2.75) is 26.3 Å². The molecule has 0 aliphatic rings. The summed E-state index contributed by atoms with van der Waals surface area (Å²) in [6.07, 6.45) is 0.952. The van der Waals surface area contributed by atoms with Crippen molar-refractivity contribution in [3.05, 3.63) is 29.6 Å². The zero-order chi connectivity index (χ0) is 14.3. The molecule has 4 heteroatoms. The van der Waals surface area contributed by atoms with Gasteiger partial charge >= 0.3 is 0 Å². The molecule has 0 saturated heterocycles. The average molecular weight is 269 g/mol. The van der Waals surface area contributed by atoms with E-state index in [0.29, 0.717) is 11.7 Å². The van der Waals surface area contributed by atoms with E-state index < -0.39 is 0 Å². The van der Waals surface area contributed by atoms with Gasteiger partial charge < -0.3 is 14.8 Å². The molecule has 0 amide bonds. The van der Waals surface area contributed by atoms with Crippen LogP contribution in [0.25, 0.3) is 0 Å². The number of hydrogen-bond donors (Lipinski definition) is 1. The van der Waals surface area contributed by atoms with Crippen LogP contribution >= 0.6 is 0 Å². The van der Waals surface area contributed by atoms with Crippen molar-refractivity contribution in [2.75, 3.05) is 27.4 Å². The third-order valence-corrected chi connectivity index (χ3v) is 3.30. The molecule has 1 N–H and O–H groups in total. The van der Waals surface area contributed by atoms with E-state index in [9.17, 15) is 4.39 Å². The van der Waals surface area contributed by atoms with Crippen molar-refractivity contribution in [1.29, 1.82) is 0 Å². The molecule has 0 spiro atoms. The lowest BCUT2D eigenvalue weighted by Crippen LogP contribution is -2.27. The molecule has 1 aromatic carbocycles. The smallest absolute Gasteiger partial charge is 0.165 e. The fourth-order valence-corrected chi connectivity index (χ4v) is 2.21. The maximum atomic E-state index is 13.5. The van der Waals surface area contributed by atoms with Gasteiger partial charge in [-0.3, -0.25) is 0 Å². The van der Waals surface area contributed by atoms with E-state index in [1.54, 1.807) is 13.2 Å². The summed E-state index contributed by atoms with van der Waals surface area (Å²) in [6.45, 7) is 5.82. The van der Waals surface area contributed by atoms with Crippen LogP contribution in [0.1, 0.15) is 31.9 Å². The maximum absolute atomic E-state index is 13.5. The number of methoxy groups -OCH3 is 2. The van der Waals surface area contributed by atoms with E-state index in [1.165, 1.54) is 13.2 Å². The van der Waals surface area contributed by atoms with Gasteiger partial charge in [-0.2, -0.15) is 0 Å². The molecule has 0 saturated carbocycles. The van der Waals surface area contributed by atoms with Crippen LogP contribution in [-0.4, -0.2) is 27.4 Å². The molecule has 19 heavy (non-hydrogen) atoms.